The normalized spacial score (nSPS) is 13.9. The molecule has 0 unspecified atom stereocenters. The van der Waals surface area contributed by atoms with Gasteiger partial charge in [-0.3, -0.25) is 13.8 Å². The number of pyridine rings is 1. The molecule has 0 N–H and O–H groups in total. The molecule has 40 heavy (non-hydrogen) atoms. The smallest absolute Gasteiger partial charge is 0.0408 e. The first-order valence-corrected chi connectivity index (χ1v) is 12.2. The zero-order chi connectivity index (χ0) is 27.5. The second-order valence-corrected chi connectivity index (χ2v) is 9.22. The van der Waals surface area contributed by atoms with Crippen molar-refractivity contribution >= 4 is 11.4 Å². The molecular formula is C30H26F2IrN7-5. The Morgan fingerprint density at radius 2 is 1.48 bits per heavy atom. The Balaban J connectivity index is 0.000000181. The quantitative estimate of drug-likeness (QED) is 0.254. The van der Waals surface area contributed by atoms with Crippen LogP contribution in [-0.4, -0.2) is 34.0 Å². The van der Waals surface area contributed by atoms with Gasteiger partial charge in [0.25, 0.3) is 0 Å². The van der Waals surface area contributed by atoms with Crippen LogP contribution in [0.1, 0.15) is 11.3 Å². The predicted molar refractivity (Wildman–Crippen MR) is 147 cm³/mol. The average Bonchev–Trinajstić information content (AvgIpc) is 3.65. The number of aryl methyl sites for hydroxylation is 2. The van der Waals surface area contributed by atoms with Gasteiger partial charge < -0.3 is 29.8 Å². The van der Waals surface area contributed by atoms with Crippen LogP contribution >= 0.6 is 0 Å². The molecule has 0 fully saturated rings. The molecule has 10 heteroatoms. The van der Waals surface area contributed by atoms with E-state index < -0.39 is 11.6 Å². The third-order valence-electron chi connectivity index (χ3n) is 5.87. The Hall–Kier alpha value is -4.01. The first kappa shape index (κ1) is 29.0. The molecule has 0 spiro atoms. The zero-order valence-corrected chi connectivity index (χ0v) is 24.7. The minimum absolute atomic E-state index is 0. The second-order valence-electron chi connectivity index (χ2n) is 9.22. The monoisotopic (exact) mass is 715 g/mol. The maximum absolute atomic E-state index is 13.7. The van der Waals surface area contributed by atoms with E-state index in [1.807, 2.05) is 69.0 Å². The van der Waals surface area contributed by atoms with Crippen molar-refractivity contribution in [1.29, 1.82) is 0 Å². The molecule has 2 aliphatic heterocycles. The fraction of sp³-hybridized carbons (Fsp3) is 0.133. The summed E-state index contributed by atoms with van der Waals surface area (Å²) in [6.45, 7) is 8.00. The molecule has 0 saturated carbocycles. The van der Waals surface area contributed by atoms with Crippen LogP contribution in [0.15, 0.2) is 73.3 Å². The summed E-state index contributed by atoms with van der Waals surface area (Å²) in [5.41, 5.74) is 5.80. The number of benzene rings is 2. The summed E-state index contributed by atoms with van der Waals surface area (Å²) in [6, 6.07) is 19.1. The molecule has 0 bridgehead atoms. The summed E-state index contributed by atoms with van der Waals surface area (Å²) in [5.74, 6) is -1.36. The molecule has 7 nitrogen and oxygen atoms in total. The number of hydrogen-bond donors (Lipinski definition) is 0. The summed E-state index contributed by atoms with van der Waals surface area (Å²) >= 11 is 0. The van der Waals surface area contributed by atoms with E-state index in [2.05, 4.69) is 56.2 Å². The Labute approximate surface area is 246 Å². The maximum Gasteiger partial charge on any atom is 0.0408 e. The van der Waals surface area contributed by atoms with Gasteiger partial charge in [-0.15, -0.1) is 41.7 Å². The summed E-state index contributed by atoms with van der Waals surface area (Å²) in [6.07, 6.45) is 8.10. The fourth-order valence-electron chi connectivity index (χ4n) is 4.01. The Kier molecular flexibility index (Phi) is 9.02. The van der Waals surface area contributed by atoms with E-state index in [0.29, 0.717) is 17.1 Å². The first-order valence-electron chi connectivity index (χ1n) is 12.2. The van der Waals surface area contributed by atoms with Crippen LogP contribution < -0.4 is 14.9 Å². The standard InChI is InChI=1S/C15H9F2N3.C15H17N4.Ir/c1-9-7-15(20-19-9)14-4-2-3-13(18-14)11-6-5-10(16)8-12(11)17;1-13-8-14(18-6-4-16(2)11-18)10-15(9-13)19-7-5-17(3)12-19;/h2-5,7-8H,1H3;4-9,11-12H,1-3H3;/q-2;-3;. The van der Waals surface area contributed by atoms with Crippen molar-refractivity contribution in [1.82, 2.24) is 25.0 Å². The molecule has 2 aliphatic rings. The fourth-order valence-corrected chi connectivity index (χ4v) is 4.01. The van der Waals surface area contributed by atoms with Crippen LogP contribution in [0.2, 0.25) is 0 Å². The number of hydrogen-bond acceptors (Lipinski definition) is 6. The van der Waals surface area contributed by atoms with E-state index in [-0.39, 0.29) is 25.7 Å². The van der Waals surface area contributed by atoms with Gasteiger partial charge in [-0.1, -0.05) is 42.4 Å². The Morgan fingerprint density at radius 3 is 2.00 bits per heavy atom. The van der Waals surface area contributed by atoms with Crippen LogP contribution in [0.3, 0.4) is 0 Å². The molecule has 2 aromatic heterocycles. The van der Waals surface area contributed by atoms with Crippen molar-refractivity contribution in [3.8, 4) is 22.6 Å². The van der Waals surface area contributed by atoms with Crippen LogP contribution in [0.25, 0.3) is 22.6 Å². The second kappa shape index (κ2) is 12.4. The molecule has 2 aromatic carbocycles. The maximum atomic E-state index is 13.7. The van der Waals surface area contributed by atoms with E-state index in [9.17, 15) is 8.78 Å². The van der Waals surface area contributed by atoms with Crippen molar-refractivity contribution in [2.45, 2.75) is 13.8 Å². The van der Waals surface area contributed by atoms with Crippen LogP contribution in [-0.2, 0) is 20.1 Å². The van der Waals surface area contributed by atoms with E-state index in [4.69, 9.17) is 0 Å². The molecular weight excluding hydrogens is 689 g/mol. The Morgan fingerprint density at radius 1 is 0.850 bits per heavy atom. The minimum atomic E-state index is -0.695. The van der Waals surface area contributed by atoms with Crippen LogP contribution in [0.4, 0.5) is 20.2 Å². The first-order chi connectivity index (χ1) is 18.7. The third-order valence-corrected chi connectivity index (χ3v) is 5.87. The van der Waals surface area contributed by atoms with Crippen molar-refractivity contribution in [2.24, 2.45) is 0 Å². The molecule has 0 saturated heterocycles. The average molecular weight is 715 g/mol. The van der Waals surface area contributed by atoms with Gasteiger partial charge in [0.15, 0.2) is 0 Å². The van der Waals surface area contributed by atoms with Gasteiger partial charge in [0.05, 0.1) is 0 Å². The summed E-state index contributed by atoms with van der Waals surface area (Å²) in [5, 5.41) is 7.88. The number of nitrogens with zero attached hydrogens (tertiary/aromatic N) is 7. The number of aromatic nitrogens is 3. The molecule has 0 aliphatic carbocycles. The van der Waals surface area contributed by atoms with Crippen molar-refractivity contribution in [3.63, 3.8) is 0 Å². The van der Waals surface area contributed by atoms with Crippen molar-refractivity contribution in [3.05, 3.63) is 122 Å². The number of rotatable bonds is 4. The third kappa shape index (κ3) is 6.76. The number of halogens is 2. The van der Waals surface area contributed by atoms with Gasteiger partial charge >= 0.3 is 0 Å². The summed E-state index contributed by atoms with van der Waals surface area (Å²) < 4.78 is 26.6. The SMILES string of the molecule is Cc1cc(-c2cccc(-c3[c-]cc(F)cc3F)n2)[n-]n1.Cc1cc(N2C=CN(C)[CH-]2)[c-]c(N2C=CN(C)[CH-]2)c1.[Ir]. The van der Waals surface area contributed by atoms with E-state index in [1.54, 1.807) is 24.3 Å². The molecule has 209 valence electrons. The van der Waals surface area contributed by atoms with Gasteiger partial charge in [0.1, 0.15) is 0 Å². The molecule has 0 atom stereocenters. The number of anilines is 2. The van der Waals surface area contributed by atoms with Crippen molar-refractivity contribution in [2.75, 3.05) is 23.9 Å². The van der Waals surface area contributed by atoms with Crippen molar-refractivity contribution < 1.29 is 28.9 Å². The topological polar surface area (TPSA) is 52.8 Å². The van der Waals surface area contributed by atoms with Crippen LogP contribution in [0.5, 0.6) is 0 Å². The molecule has 0 amide bonds. The van der Waals surface area contributed by atoms with Gasteiger partial charge in [0.2, 0.25) is 0 Å². The summed E-state index contributed by atoms with van der Waals surface area (Å²) in [7, 11) is 4.03. The zero-order valence-electron chi connectivity index (χ0n) is 22.3. The van der Waals surface area contributed by atoms with Gasteiger partial charge in [-0.2, -0.15) is 18.9 Å². The molecule has 4 heterocycles. The van der Waals surface area contributed by atoms with Gasteiger partial charge in [-0.05, 0) is 57.6 Å². The van der Waals surface area contributed by atoms with E-state index >= 15 is 0 Å². The van der Waals surface area contributed by atoms with E-state index in [0.717, 1.165) is 29.2 Å². The minimum Gasteiger partial charge on any atom is -0.574 e. The molecule has 1 radical (unpaired) electrons. The van der Waals surface area contributed by atoms with Crippen LogP contribution in [0, 0.1) is 51.0 Å². The van der Waals surface area contributed by atoms with Gasteiger partial charge in [0, 0.05) is 43.1 Å². The summed E-state index contributed by atoms with van der Waals surface area (Å²) in [4.78, 5) is 12.5. The molecule has 4 aromatic rings. The molecule has 6 rings (SSSR count). The Bertz CT molecular complexity index is 1490. The largest absolute Gasteiger partial charge is 0.574 e. The van der Waals surface area contributed by atoms with Gasteiger partial charge in [-0.25, -0.2) is 0 Å². The predicted octanol–water partition coefficient (Wildman–Crippen LogP) is 5.63. The van der Waals surface area contributed by atoms with E-state index in [1.165, 1.54) is 5.56 Å².